The van der Waals surface area contributed by atoms with E-state index in [-0.39, 0.29) is 6.54 Å². The third kappa shape index (κ3) is 5.30. The van der Waals surface area contributed by atoms with Crippen LogP contribution in [-0.2, 0) is 4.79 Å². The van der Waals surface area contributed by atoms with Crippen LogP contribution in [0.3, 0.4) is 0 Å². The number of carbonyl (C=O) groups excluding carboxylic acids is 1. The molecule has 0 unspecified atom stereocenters. The number of aliphatic hydroxyl groups excluding tert-OH is 1. The Hall–Kier alpha value is 0.01000. The lowest BCUT2D eigenvalue weighted by Gasteiger charge is -2.13. The molecule has 0 spiro atoms. The lowest BCUT2D eigenvalue weighted by molar-refractivity contribution is -0.121. The Morgan fingerprint density at radius 2 is 2.18 bits per heavy atom. The fourth-order valence-electron chi connectivity index (χ4n) is 0.396. The largest absolute Gasteiger partial charge is 0.392 e. The van der Waals surface area contributed by atoms with Gasteiger partial charge in [-0.1, -0.05) is 23.2 Å². The van der Waals surface area contributed by atoms with E-state index in [9.17, 15) is 4.79 Å². The number of hydrogen-bond acceptors (Lipinski definition) is 2. The molecule has 5 heteroatoms. The van der Waals surface area contributed by atoms with Crippen molar-refractivity contribution >= 4 is 29.1 Å². The molecule has 0 rings (SSSR count). The van der Waals surface area contributed by atoms with Crippen molar-refractivity contribution in [1.29, 1.82) is 0 Å². The summed E-state index contributed by atoms with van der Waals surface area (Å²) in [6, 6.07) is 0. The highest BCUT2D eigenvalue weighted by molar-refractivity contribution is 6.57. The minimum Gasteiger partial charge on any atom is -0.392 e. The number of alkyl halides is 2. The highest BCUT2D eigenvalue weighted by Gasteiger charge is 2.26. The Morgan fingerprint density at radius 3 is 2.45 bits per heavy atom. The van der Waals surface area contributed by atoms with Crippen molar-refractivity contribution in [2.75, 3.05) is 6.54 Å². The molecule has 2 N–H and O–H groups in total. The van der Waals surface area contributed by atoms with Crippen molar-refractivity contribution in [2.45, 2.75) is 24.3 Å². The number of carbonyl (C=O) groups is 1. The lowest BCUT2D eigenvalue weighted by atomic mass is 10.3. The van der Waals surface area contributed by atoms with Crippen LogP contribution in [-0.4, -0.2) is 28.0 Å². The van der Waals surface area contributed by atoms with E-state index in [4.69, 9.17) is 28.3 Å². The molecular weight excluding hydrogens is 189 g/mol. The summed E-state index contributed by atoms with van der Waals surface area (Å²) in [7, 11) is 0. The highest BCUT2D eigenvalue weighted by atomic mass is 35.5. The summed E-state index contributed by atoms with van der Waals surface area (Å²) >= 11 is 10.9. The molecule has 0 aliphatic carbocycles. The molecule has 0 aromatic rings. The Morgan fingerprint density at radius 1 is 1.73 bits per heavy atom. The van der Waals surface area contributed by atoms with Gasteiger partial charge in [-0.2, -0.15) is 0 Å². The van der Waals surface area contributed by atoms with E-state index in [0.29, 0.717) is 0 Å². The van der Waals surface area contributed by atoms with Gasteiger partial charge in [0.25, 0.3) is 5.91 Å². The predicted molar refractivity (Wildman–Crippen MR) is 44.8 cm³/mol. The maximum absolute atomic E-state index is 10.9. The first-order chi connectivity index (χ1) is 4.84. The van der Waals surface area contributed by atoms with Crippen molar-refractivity contribution in [1.82, 2.24) is 5.32 Å². The molecule has 0 bridgehead atoms. The number of aliphatic hydroxyl groups is 1. The van der Waals surface area contributed by atoms with E-state index >= 15 is 0 Å². The number of nitrogens with one attached hydrogen (secondary N) is 1. The van der Waals surface area contributed by atoms with Crippen molar-refractivity contribution in [3.63, 3.8) is 0 Å². The van der Waals surface area contributed by atoms with Crippen molar-refractivity contribution in [3.8, 4) is 0 Å². The predicted octanol–water partition coefficient (Wildman–Crippen LogP) is 0.677. The smallest absolute Gasteiger partial charge is 0.256 e. The fourth-order valence-corrected chi connectivity index (χ4v) is 0.529. The molecule has 1 amide bonds. The van der Waals surface area contributed by atoms with Crippen LogP contribution >= 0.6 is 23.2 Å². The summed E-state index contributed by atoms with van der Waals surface area (Å²) in [5.74, 6) is -0.498. The van der Waals surface area contributed by atoms with Gasteiger partial charge in [0.1, 0.15) is 0 Å². The molecule has 0 aliphatic rings. The lowest BCUT2D eigenvalue weighted by Crippen LogP contribution is -2.39. The molecule has 0 aliphatic heterocycles. The molecule has 0 fully saturated rings. The topological polar surface area (TPSA) is 49.3 Å². The van der Waals surface area contributed by atoms with E-state index in [1.807, 2.05) is 0 Å². The first-order valence-electron chi connectivity index (χ1n) is 3.18. The second kappa shape index (κ2) is 4.14. The second-order valence-corrected chi connectivity index (χ2v) is 4.15. The first kappa shape index (κ1) is 11.0. The van der Waals surface area contributed by atoms with E-state index in [0.717, 1.165) is 0 Å². The normalized spacial score (nSPS) is 14.3. The molecule has 0 saturated carbocycles. The molecule has 66 valence electrons. The van der Waals surface area contributed by atoms with Crippen LogP contribution < -0.4 is 5.32 Å². The maximum Gasteiger partial charge on any atom is 0.256 e. The van der Waals surface area contributed by atoms with Gasteiger partial charge in [-0.15, -0.1) is 0 Å². The van der Waals surface area contributed by atoms with Gasteiger partial charge < -0.3 is 10.4 Å². The van der Waals surface area contributed by atoms with Crippen LogP contribution in [0.4, 0.5) is 0 Å². The monoisotopic (exact) mass is 199 g/mol. The number of hydrogen-bond donors (Lipinski definition) is 2. The zero-order valence-electron chi connectivity index (χ0n) is 6.40. The van der Waals surface area contributed by atoms with E-state index in [1.54, 1.807) is 6.92 Å². The minimum absolute atomic E-state index is 0.161. The zero-order valence-corrected chi connectivity index (χ0v) is 7.91. The van der Waals surface area contributed by atoms with Gasteiger partial charge >= 0.3 is 0 Å². The van der Waals surface area contributed by atoms with E-state index in [2.05, 4.69) is 5.32 Å². The molecule has 0 radical (unpaired) electrons. The highest BCUT2D eigenvalue weighted by Crippen LogP contribution is 2.18. The standard InChI is InChI=1S/C6H11Cl2NO2/c1-4(10)3-9-5(11)6(2,7)8/h4,10H,3H2,1-2H3,(H,9,11)/t4-/m0/s1. The first-order valence-corrected chi connectivity index (χ1v) is 3.94. The fraction of sp³-hybridized carbons (Fsp3) is 0.833. The average molecular weight is 200 g/mol. The molecule has 0 heterocycles. The minimum atomic E-state index is -1.42. The molecule has 11 heavy (non-hydrogen) atoms. The second-order valence-electron chi connectivity index (χ2n) is 2.45. The number of halogens is 2. The summed E-state index contributed by atoms with van der Waals surface area (Å²) in [6.45, 7) is 3.08. The van der Waals surface area contributed by atoms with Crippen molar-refractivity contribution in [3.05, 3.63) is 0 Å². The van der Waals surface area contributed by atoms with E-state index in [1.165, 1.54) is 6.92 Å². The molecule has 0 aromatic heterocycles. The van der Waals surface area contributed by atoms with Gasteiger partial charge in [-0.3, -0.25) is 4.79 Å². The third-order valence-electron chi connectivity index (χ3n) is 0.957. The third-order valence-corrected chi connectivity index (χ3v) is 1.30. The molecule has 0 saturated heterocycles. The summed E-state index contributed by atoms with van der Waals surface area (Å²) in [4.78, 5) is 10.9. The summed E-state index contributed by atoms with van der Waals surface area (Å²) < 4.78 is -1.42. The van der Waals surface area contributed by atoms with Gasteiger partial charge in [-0.05, 0) is 13.8 Å². The SMILES string of the molecule is C[C@H](O)CNC(=O)C(C)(Cl)Cl. The van der Waals surface area contributed by atoms with E-state index < -0.39 is 16.3 Å². The van der Waals surface area contributed by atoms with Crippen LogP contribution in [0, 0.1) is 0 Å². The maximum atomic E-state index is 10.9. The van der Waals surface area contributed by atoms with Gasteiger partial charge in [0.2, 0.25) is 0 Å². The van der Waals surface area contributed by atoms with Crippen LogP contribution in [0.1, 0.15) is 13.8 Å². The molecule has 3 nitrogen and oxygen atoms in total. The molecule has 0 aromatic carbocycles. The van der Waals surface area contributed by atoms with Gasteiger partial charge in [0.05, 0.1) is 6.10 Å². The molecule has 1 atom stereocenters. The summed E-state index contributed by atoms with van der Waals surface area (Å²) in [5, 5.41) is 11.1. The number of rotatable bonds is 3. The Labute approximate surface area is 75.7 Å². The van der Waals surface area contributed by atoms with Crippen molar-refractivity contribution < 1.29 is 9.90 Å². The zero-order chi connectivity index (χ0) is 9.07. The van der Waals surface area contributed by atoms with Crippen LogP contribution in [0.5, 0.6) is 0 Å². The average Bonchev–Trinajstić information content (AvgIpc) is 1.80. The Bertz CT molecular complexity index is 142. The Balaban J connectivity index is 3.71. The number of amides is 1. The van der Waals surface area contributed by atoms with Gasteiger partial charge in [0.15, 0.2) is 4.33 Å². The van der Waals surface area contributed by atoms with Crippen LogP contribution in [0.2, 0.25) is 0 Å². The Kier molecular flexibility index (Phi) is 4.14. The summed E-state index contributed by atoms with van der Waals surface area (Å²) in [6.07, 6.45) is -0.588. The molecular formula is C6H11Cl2NO2. The summed E-state index contributed by atoms with van der Waals surface area (Å²) in [5.41, 5.74) is 0. The van der Waals surface area contributed by atoms with Crippen molar-refractivity contribution in [2.24, 2.45) is 0 Å². The van der Waals surface area contributed by atoms with Gasteiger partial charge in [0, 0.05) is 6.54 Å². The quantitative estimate of drug-likeness (QED) is 0.658. The van der Waals surface area contributed by atoms with Crippen LogP contribution in [0.15, 0.2) is 0 Å². The van der Waals surface area contributed by atoms with Gasteiger partial charge in [-0.25, -0.2) is 0 Å². The van der Waals surface area contributed by atoms with Crippen LogP contribution in [0.25, 0.3) is 0 Å².